The van der Waals surface area contributed by atoms with Crippen LogP contribution in [0.25, 0.3) is 0 Å². The number of hydrogen-bond donors (Lipinski definition) is 1. The minimum absolute atomic E-state index is 0.00876. The first-order chi connectivity index (χ1) is 22.8. The molecule has 1 amide bonds. The number of benzene rings is 4. The van der Waals surface area contributed by atoms with E-state index < -0.39 is 11.7 Å². The quantitative estimate of drug-likeness (QED) is 0.112. The lowest BCUT2D eigenvalue weighted by Crippen LogP contribution is -2.31. The number of nitrogens with zero attached hydrogens (tertiary/aromatic N) is 1. The zero-order chi connectivity index (χ0) is 33.1. The zero-order valence-electron chi connectivity index (χ0n) is 25.8. The fourth-order valence-corrected chi connectivity index (χ4v) is 6.44. The Bertz CT molecular complexity index is 1660. The first kappa shape index (κ1) is 34.2. The van der Waals surface area contributed by atoms with Crippen LogP contribution in [0.4, 0.5) is 13.2 Å². The van der Waals surface area contributed by atoms with Crippen molar-refractivity contribution in [1.29, 1.82) is 0 Å². The molecule has 5 aromatic rings. The third kappa shape index (κ3) is 10.2. The van der Waals surface area contributed by atoms with Crippen LogP contribution in [0.5, 0.6) is 5.75 Å². The molecule has 0 aliphatic rings. The molecule has 0 unspecified atom stereocenters. The highest BCUT2D eigenvalue weighted by molar-refractivity contribution is 7.09. The summed E-state index contributed by atoms with van der Waals surface area (Å²) >= 11 is 7.95. The number of hydrogen-bond acceptors (Lipinski definition) is 4. The van der Waals surface area contributed by atoms with Crippen molar-refractivity contribution in [2.75, 3.05) is 19.7 Å². The van der Waals surface area contributed by atoms with Crippen LogP contribution in [0.2, 0.25) is 5.02 Å². The molecule has 4 aromatic carbocycles. The molecule has 0 atom stereocenters. The third-order valence-electron chi connectivity index (χ3n) is 7.81. The van der Waals surface area contributed by atoms with Gasteiger partial charge >= 0.3 is 6.18 Å². The Kier molecular flexibility index (Phi) is 12.1. The summed E-state index contributed by atoms with van der Waals surface area (Å²) in [5.74, 6) is 0.587. The monoisotopic (exact) mass is 676 g/mol. The molecular formula is C38H36ClF3N2O2S. The lowest BCUT2D eigenvalue weighted by molar-refractivity contribution is -0.137. The molecular weight excluding hydrogens is 641 g/mol. The van der Waals surface area contributed by atoms with Gasteiger partial charge in [-0.05, 0) is 58.3 Å². The maximum atomic E-state index is 13.7. The SMILES string of the molecule is O=C(Cc1cccc(OCCCN(Cc2cccc(C(F)(F)F)c2Cl)CC(c2ccccc2)c2ccccc2)c1)NCc1cccs1. The fraction of sp³-hybridized carbons (Fsp3) is 0.237. The van der Waals surface area contributed by atoms with Gasteiger partial charge in [-0.15, -0.1) is 11.3 Å². The summed E-state index contributed by atoms with van der Waals surface area (Å²) < 4.78 is 47.1. The minimum Gasteiger partial charge on any atom is -0.494 e. The molecule has 0 spiro atoms. The number of thiophene rings is 1. The Balaban J connectivity index is 1.26. The number of amides is 1. The summed E-state index contributed by atoms with van der Waals surface area (Å²) in [5.41, 5.74) is 2.67. The number of alkyl halides is 3. The number of halogens is 4. The van der Waals surface area contributed by atoms with Crippen LogP contribution in [0.1, 0.15) is 45.0 Å². The Labute approximate surface area is 282 Å². The number of ether oxygens (including phenoxy) is 1. The van der Waals surface area contributed by atoms with Gasteiger partial charge < -0.3 is 10.1 Å². The van der Waals surface area contributed by atoms with E-state index in [1.165, 1.54) is 6.07 Å². The van der Waals surface area contributed by atoms with Gasteiger partial charge in [-0.1, -0.05) is 103 Å². The van der Waals surface area contributed by atoms with E-state index in [1.54, 1.807) is 17.4 Å². The average molecular weight is 677 g/mol. The highest BCUT2D eigenvalue weighted by Crippen LogP contribution is 2.37. The van der Waals surface area contributed by atoms with E-state index in [-0.39, 0.29) is 29.8 Å². The van der Waals surface area contributed by atoms with Gasteiger partial charge in [0, 0.05) is 30.4 Å². The highest BCUT2D eigenvalue weighted by atomic mass is 35.5. The van der Waals surface area contributed by atoms with Crippen LogP contribution < -0.4 is 10.1 Å². The second-order valence-electron chi connectivity index (χ2n) is 11.3. The van der Waals surface area contributed by atoms with Crippen LogP contribution >= 0.6 is 22.9 Å². The van der Waals surface area contributed by atoms with Crippen molar-refractivity contribution in [3.8, 4) is 5.75 Å². The van der Waals surface area contributed by atoms with Crippen molar-refractivity contribution in [3.05, 3.63) is 158 Å². The smallest absolute Gasteiger partial charge is 0.417 e. The van der Waals surface area contributed by atoms with Crippen molar-refractivity contribution in [3.63, 3.8) is 0 Å². The number of nitrogens with one attached hydrogen (secondary N) is 1. The predicted octanol–water partition coefficient (Wildman–Crippen LogP) is 9.38. The van der Waals surface area contributed by atoms with E-state index in [9.17, 15) is 18.0 Å². The standard InChI is InChI=1S/C38H36ClF3N2O2S/c39-37-31(16-8-19-35(37)38(40,41)42)26-44(27-34(29-12-3-1-4-13-29)30-14-5-2-6-15-30)20-10-21-46-32-17-7-11-28(23-32)24-36(45)43-25-33-18-9-22-47-33/h1-9,11-19,22-23,34H,10,20-21,24-27H2,(H,43,45). The fourth-order valence-electron chi connectivity index (χ4n) is 5.50. The molecule has 0 aliphatic carbocycles. The van der Waals surface area contributed by atoms with E-state index in [0.717, 1.165) is 27.6 Å². The number of carbonyl (C=O) groups is 1. The molecule has 5 rings (SSSR count). The van der Waals surface area contributed by atoms with Crippen molar-refractivity contribution in [2.45, 2.75) is 38.0 Å². The van der Waals surface area contributed by atoms with Gasteiger partial charge in [0.2, 0.25) is 5.91 Å². The van der Waals surface area contributed by atoms with E-state index in [4.69, 9.17) is 16.3 Å². The summed E-state index contributed by atoms with van der Waals surface area (Å²) in [6.45, 7) is 2.27. The van der Waals surface area contributed by atoms with Gasteiger partial charge in [0.15, 0.2) is 0 Å². The molecule has 0 aliphatic heterocycles. The molecule has 9 heteroatoms. The molecule has 1 N–H and O–H groups in total. The van der Waals surface area contributed by atoms with E-state index in [0.29, 0.717) is 44.0 Å². The summed E-state index contributed by atoms with van der Waals surface area (Å²) in [4.78, 5) is 15.7. The molecule has 1 aromatic heterocycles. The molecule has 0 bridgehead atoms. The molecule has 0 saturated heterocycles. The second kappa shape index (κ2) is 16.6. The van der Waals surface area contributed by atoms with E-state index >= 15 is 0 Å². The van der Waals surface area contributed by atoms with Gasteiger partial charge in [0.25, 0.3) is 0 Å². The number of carbonyl (C=O) groups excluding carboxylic acids is 1. The van der Waals surface area contributed by atoms with Crippen molar-refractivity contribution >= 4 is 28.8 Å². The lowest BCUT2D eigenvalue weighted by atomic mass is 9.90. The molecule has 244 valence electrons. The molecule has 4 nitrogen and oxygen atoms in total. The van der Waals surface area contributed by atoms with Crippen molar-refractivity contribution in [1.82, 2.24) is 10.2 Å². The minimum atomic E-state index is -4.54. The summed E-state index contributed by atoms with van der Waals surface area (Å²) in [7, 11) is 0. The Morgan fingerprint density at radius 1 is 0.872 bits per heavy atom. The maximum absolute atomic E-state index is 13.7. The summed E-state index contributed by atoms with van der Waals surface area (Å²) in [6, 6.07) is 35.7. The van der Waals surface area contributed by atoms with Crippen molar-refractivity contribution < 1.29 is 22.7 Å². The van der Waals surface area contributed by atoms with Gasteiger partial charge in [0.1, 0.15) is 5.75 Å². The van der Waals surface area contributed by atoms with Crippen molar-refractivity contribution in [2.24, 2.45) is 0 Å². The predicted molar refractivity (Wildman–Crippen MR) is 183 cm³/mol. The van der Waals surface area contributed by atoms with Crippen LogP contribution in [-0.2, 0) is 30.5 Å². The third-order valence-corrected chi connectivity index (χ3v) is 9.14. The lowest BCUT2D eigenvalue weighted by Gasteiger charge is -2.29. The van der Waals surface area contributed by atoms with Crippen LogP contribution in [0.15, 0.2) is 121 Å². The topological polar surface area (TPSA) is 41.6 Å². The van der Waals surface area contributed by atoms with Gasteiger partial charge in [0.05, 0.1) is 30.2 Å². The van der Waals surface area contributed by atoms with Gasteiger partial charge in [-0.2, -0.15) is 13.2 Å². The molecule has 0 fully saturated rings. The average Bonchev–Trinajstić information content (AvgIpc) is 3.60. The molecule has 1 heterocycles. The van der Waals surface area contributed by atoms with Crippen LogP contribution in [0.3, 0.4) is 0 Å². The first-order valence-electron chi connectivity index (χ1n) is 15.4. The van der Waals surface area contributed by atoms with Crippen LogP contribution in [-0.4, -0.2) is 30.5 Å². The first-order valence-corrected chi connectivity index (χ1v) is 16.7. The normalized spacial score (nSPS) is 11.6. The van der Waals surface area contributed by atoms with Gasteiger partial charge in [-0.25, -0.2) is 0 Å². The molecule has 47 heavy (non-hydrogen) atoms. The highest BCUT2D eigenvalue weighted by Gasteiger charge is 2.34. The van der Waals surface area contributed by atoms with Crippen LogP contribution in [0, 0.1) is 0 Å². The summed E-state index contributed by atoms with van der Waals surface area (Å²) in [6.07, 6.45) is -3.67. The van der Waals surface area contributed by atoms with E-state index in [1.807, 2.05) is 78.2 Å². The maximum Gasteiger partial charge on any atom is 0.417 e. The second-order valence-corrected chi connectivity index (χ2v) is 12.7. The summed E-state index contributed by atoms with van der Waals surface area (Å²) in [5, 5.41) is 4.65. The Morgan fingerprint density at radius 3 is 2.23 bits per heavy atom. The number of rotatable bonds is 15. The molecule has 0 radical (unpaired) electrons. The zero-order valence-corrected chi connectivity index (χ0v) is 27.3. The largest absolute Gasteiger partial charge is 0.494 e. The van der Waals surface area contributed by atoms with E-state index in [2.05, 4.69) is 34.5 Å². The Hall–Kier alpha value is -4.11. The Morgan fingerprint density at radius 2 is 1.57 bits per heavy atom. The van der Waals surface area contributed by atoms with Gasteiger partial charge in [-0.3, -0.25) is 9.69 Å². The molecule has 0 saturated carbocycles.